The first-order valence-corrected chi connectivity index (χ1v) is 14.1. The molecular formula is C29H45N3O5. The van der Waals surface area contributed by atoms with E-state index in [1.807, 2.05) is 68.7 Å². The number of hydrogen-bond donors (Lipinski definition) is 1. The lowest BCUT2D eigenvalue weighted by Gasteiger charge is -2.41. The highest BCUT2D eigenvalue weighted by Crippen LogP contribution is 2.58. The van der Waals surface area contributed by atoms with Crippen molar-refractivity contribution in [2.45, 2.75) is 95.9 Å². The van der Waals surface area contributed by atoms with Crippen molar-refractivity contribution < 1.29 is 24.2 Å². The molecule has 0 aromatic carbocycles. The fourth-order valence-electron chi connectivity index (χ4n) is 6.87. The van der Waals surface area contributed by atoms with Gasteiger partial charge in [-0.1, -0.05) is 51.0 Å². The Labute approximate surface area is 221 Å². The third-order valence-corrected chi connectivity index (χ3v) is 8.63. The summed E-state index contributed by atoms with van der Waals surface area (Å²) in [5.74, 6) is -1.74. The summed E-state index contributed by atoms with van der Waals surface area (Å²) in [5, 5.41) is 9.14. The fourth-order valence-corrected chi connectivity index (χ4v) is 6.87. The van der Waals surface area contributed by atoms with E-state index in [9.17, 15) is 14.4 Å². The van der Waals surface area contributed by atoms with Crippen molar-refractivity contribution >= 4 is 17.7 Å². The predicted octanol–water partition coefficient (Wildman–Crippen LogP) is 2.91. The monoisotopic (exact) mass is 515 g/mol. The number of nitrogens with zero attached hydrogens (tertiary/aromatic N) is 3. The quantitative estimate of drug-likeness (QED) is 0.377. The first kappa shape index (κ1) is 27.8. The highest BCUT2D eigenvalue weighted by molar-refractivity contribution is 6.00. The molecule has 0 bridgehead atoms. The molecule has 4 rings (SSSR count). The van der Waals surface area contributed by atoms with Gasteiger partial charge in [0.2, 0.25) is 17.7 Å². The summed E-state index contributed by atoms with van der Waals surface area (Å²) >= 11 is 0. The summed E-state index contributed by atoms with van der Waals surface area (Å²) in [6.07, 6.45) is 12.4. The number of carbonyl (C=O) groups is 3. The van der Waals surface area contributed by atoms with E-state index in [1.54, 1.807) is 4.90 Å². The Balaban J connectivity index is 1.80. The molecular weight excluding hydrogens is 470 g/mol. The number of amides is 3. The van der Waals surface area contributed by atoms with E-state index in [1.165, 1.54) is 0 Å². The Morgan fingerprint density at radius 3 is 2.27 bits per heavy atom. The van der Waals surface area contributed by atoms with Crippen molar-refractivity contribution in [3.8, 4) is 0 Å². The maximum atomic E-state index is 14.3. The third-order valence-electron chi connectivity index (χ3n) is 8.63. The van der Waals surface area contributed by atoms with Crippen molar-refractivity contribution in [3.63, 3.8) is 0 Å². The SMILES string of the molecule is CCCN1CC=C[C@@]2(CC)O[C@]34C=CCN(C(C)(C)C)C(=O)C3N(CCCCCCO)C(=O)[C@@H]4[C@H]2C1=O. The molecule has 1 N–H and O–H groups in total. The lowest BCUT2D eigenvalue weighted by molar-refractivity contribution is -0.156. The topological polar surface area (TPSA) is 90.4 Å². The number of carbonyl (C=O) groups excluding carboxylic acids is 3. The highest BCUT2D eigenvalue weighted by atomic mass is 16.5. The van der Waals surface area contributed by atoms with Crippen LogP contribution in [0.3, 0.4) is 0 Å². The maximum absolute atomic E-state index is 14.3. The Hall–Kier alpha value is -2.19. The van der Waals surface area contributed by atoms with Crippen molar-refractivity contribution in [2.75, 3.05) is 32.8 Å². The second-order valence-corrected chi connectivity index (χ2v) is 12.0. The number of hydrogen-bond acceptors (Lipinski definition) is 5. The van der Waals surface area contributed by atoms with Crippen LogP contribution in [0.5, 0.6) is 0 Å². The first-order chi connectivity index (χ1) is 17.6. The number of aliphatic hydroxyl groups is 1. The molecule has 3 amide bonds. The molecule has 2 saturated heterocycles. The molecule has 206 valence electrons. The predicted molar refractivity (Wildman–Crippen MR) is 141 cm³/mol. The molecule has 0 aromatic rings. The van der Waals surface area contributed by atoms with E-state index in [0.29, 0.717) is 32.6 Å². The Morgan fingerprint density at radius 2 is 1.62 bits per heavy atom. The summed E-state index contributed by atoms with van der Waals surface area (Å²) in [4.78, 5) is 48.0. The van der Waals surface area contributed by atoms with Gasteiger partial charge in [-0.3, -0.25) is 14.4 Å². The summed E-state index contributed by atoms with van der Waals surface area (Å²) in [5.41, 5.74) is -2.54. The zero-order chi connectivity index (χ0) is 27.0. The molecule has 0 saturated carbocycles. The van der Waals surface area contributed by atoms with Gasteiger partial charge in [0, 0.05) is 38.3 Å². The molecule has 8 heteroatoms. The third kappa shape index (κ3) is 4.54. The molecule has 2 fully saturated rings. The summed E-state index contributed by atoms with van der Waals surface area (Å²) in [6, 6.07) is -0.808. The van der Waals surface area contributed by atoms with E-state index in [4.69, 9.17) is 9.84 Å². The molecule has 1 unspecified atom stereocenters. The molecule has 37 heavy (non-hydrogen) atoms. The number of unbranched alkanes of at least 4 members (excludes halogenated alkanes) is 3. The summed E-state index contributed by atoms with van der Waals surface area (Å²) in [7, 11) is 0. The van der Waals surface area contributed by atoms with Gasteiger partial charge in [-0.25, -0.2) is 0 Å². The van der Waals surface area contributed by atoms with Gasteiger partial charge in [0.1, 0.15) is 11.6 Å². The molecule has 0 aliphatic carbocycles. The molecule has 4 heterocycles. The minimum atomic E-state index is -1.19. The largest absolute Gasteiger partial charge is 0.396 e. The number of likely N-dealkylation sites (tertiary alicyclic amines) is 1. The number of aliphatic hydroxyl groups excluding tert-OH is 1. The van der Waals surface area contributed by atoms with Crippen LogP contribution in [0, 0.1) is 11.8 Å². The van der Waals surface area contributed by atoms with Crippen LogP contribution < -0.4 is 0 Å². The number of rotatable bonds is 9. The van der Waals surface area contributed by atoms with Gasteiger partial charge in [-0.2, -0.15) is 0 Å². The zero-order valence-electron chi connectivity index (χ0n) is 23.2. The number of fused-ring (bicyclic) bond motifs is 2. The minimum Gasteiger partial charge on any atom is -0.396 e. The van der Waals surface area contributed by atoms with Crippen LogP contribution in [0.25, 0.3) is 0 Å². The van der Waals surface area contributed by atoms with Gasteiger partial charge >= 0.3 is 0 Å². The molecule has 0 radical (unpaired) electrons. The van der Waals surface area contributed by atoms with Crippen molar-refractivity contribution in [2.24, 2.45) is 11.8 Å². The lowest BCUT2D eigenvalue weighted by atomic mass is 9.73. The van der Waals surface area contributed by atoms with Gasteiger partial charge in [0.25, 0.3) is 0 Å². The zero-order valence-corrected chi connectivity index (χ0v) is 23.2. The minimum absolute atomic E-state index is 0.0507. The summed E-state index contributed by atoms with van der Waals surface area (Å²) in [6.45, 7) is 12.2. The molecule has 4 aliphatic rings. The normalized spacial score (nSPS) is 33.5. The van der Waals surface area contributed by atoms with Gasteiger partial charge < -0.3 is 24.5 Å². The van der Waals surface area contributed by atoms with Crippen LogP contribution in [0.2, 0.25) is 0 Å². The lowest BCUT2D eigenvalue weighted by Crippen LogP contribution is -2.59. The van der Waals surface area contributed by atoms with Crippen LogP contribution in [0.1, 0.15) is 73.1 Å². The van der Waals surface area contributed by atoms with Crippen LogP contribution in [-0.4, -0.2) is 93.1 Å². The Kier molecular flexibility index (Phi) is 7.92. The molecule has 5 atom stereocenters. The molecule has 0 aromatic heterocycles. The number of ether oxygens (including phenoxy) is 1. The van der Waals surface area contributed by atoms with Crippen LogP contribution >= 0.6 is 0 Å². The smallest absolute Gasteiger partial charge is 0.249 e. The van der Waals surface area contributed by atoms with E-state index < -0.39 is 34.6 Å². The molecule has 8 nitrogen and oxygen atoms in total. The highest BCUT2D eigenvalue weighted by Gasteiger charge is 2.75. The van der Waals surface area contributed by atoms with Gasteiger partial charge in [-0.05, 0) is 46.5 Å². The van der Waals surface area contributed by atoms with Gasteiger partial charge in [0.05, 0.1) is 17.4 Å². The van der Waals surface area contributed by atoms with E-state index >= 15 is 0 Å². The molecule has 1 spiro atoms. The van der Waals surface area contributed by atoms with Crippen LogP contribution in [-0.2, 0) is 19.1 Å². The fraction of sp³-hybridized carbons (Fsp3) is 0.759. The van der Waals surface area contributed by atoms with Crippen molar-refractivity contribution in [1.29, 1.82) is 0 Å². The van der Waals surface area contributed by atoms with E-state index in [0.717, 1.165) is 32.1 Å². The second kappa shape index (κ2) is 10.5. The van der Waals surface area contributed by atoms with Crippen LogP contribution in [0.4, 0.5) is 0 Å². The van der Waals surface area contributed by atoms with Crippen molar-refractivity contribution in [1.82, 2.24) is 14.7 Å². The van der Waals surface area contributed by atoms with E-state index in [2.05, 4.69) is 0 Å². The second-order valence-electron chi connectivity index (χ2n) is 12.0. The Morgan fingerprint density at radius 1 is 0.919 bits per heavy atom. The van der Waals surface area contributed by atoms with Crippen LogP contribution in [0.15, 0.2) is 24.3 Å². The standard InChI is InChI=1S/C29H45N3O5/c1-6-16-30-17-12-14-28(7-2)21(24(30)34)22-25(35)31(18-10-8-9-11-20-33)23-26(36)32(27(3,4)5)19-13-15-29(22,23)37-28/h12-15,21-23,33H,6-11,16-20H2,1-5H3/t21-,22-,23?,28+,29-/m0/s1. The Bertz CT molecular complexity index is 956. The molecule has 4 aliphatic heterocycles. The van der Waals surface area contributed by atoms with Gasteiger partial charge in [0.15, 0.2) is 0 Å². The average Bonchev–Trinajstić information content (AvgIpc) is 3.12. The summed E-state index contributed by atoms with van der Waals surface area (Å²) < 4.78 is 6.99. The van der Waals surface area contributed by atoms with E-state index in [-0.39, 0.29) is 24.3 Å². The van der Waals surface area contributed by atoms with Crippen molar-refractivity contribution in [3.05, 3.63) is 24.3 Å². The average molecular weight is 516 g/mol. The van der Waals surface area contributed by atoms with Gasteiger partial charge in [-0.15, -0.1) is 0 Å². The maximum Gasteiger partial charge on any atom is 0.249 e. The first-order valence-electron chi connectivity index (χ1n) is 14.1.